The number of rotatable bonds is 9. The molecule has 21 heavy (non-hydrogen) atoms. The van der Waals surface area contributed by atoms with Crippen molar-refractivity contribution in [2.24, 2.45) is 0 Å². The zero-order chi connectivity index (χ0) is 15.7. The standard InChI is InChI=1S/C16H24N2O3/c1-5-16(12-17,18-2)10-7-11-21-15-13(19-3)8-6-9-14(15)20-4/h6,8-9,18H,5,7,10-11H2,1-4H3. The van der Waals surface area contributed by atoms with Gasteiger partial charge in [0, 0.05) is 0 Å². The third-order valence-corrected chi connectivity index (χ3v) is 3.67. The van der Waals surface area contributed by atoms with E-state index >= 15 is 0 Å². The maximum Gasteiger partial charge on any atom is 0.203 e. The summed E-state index contributed by atoms with van der Waals surface area (Å²) in [4.78, 5) is 0. The van der Waals surface area contributed by atoms with Crippen molar-refractivity contribution in [3.8, 4) is 23.3 Å². The molecule has 0 saturated carbocycles. The molecule has 116 valence electrons. The van der Waals surface area contributed by atoms with Gasteiger partial charge in [0.15, 0.2) is 11.5 Å². The number of benzene rings is 1. The average Bonchev–Trinajstić information content (AvgIpc) is 2.55. The lowest BCUT2D eigenvalue weighted by Gasteiger charge is -2.24. The molecule has 0 fully saturated rings. The summed E-state index contributed by atoms with van der Waals surface area (Å²) in [6.45, 7) is 2.51. The Kier molecular flexibility index (Phi) is 6.83. The van der Waals surface area contributed by atoms with Crippen molar-refractivity contribution in [1.29, 1.82) is 5.26 Å². The molecule has 0 bridgehead atoms. The zero-order valence-electron chi connectivity index (χ0n) is 13.2. The lowest BCUT2D eigenvalue weighted by molar-refractivity contribution is 0.254. The van der Waals surface area contributed by atoms with Gasteiger partial charge in [0.05, 0.1) is 26.9 Å². The van der Waals surface area contributed by atoms with E-state index in [0.29, 0.717) is 23.9 Å². The van der Waals surface area contributed by atoms with E-state index in [9.17, 15) is 5.26 Å². The highest BCUT2D eigenvalue weighted by Crippen LogP contribution is 2.36. The molecule has 0 aliphatic carbocycles. The Hall–Kier alpha value is -1.93. The first-order valence-corrected chi connectivity index (χ1v) is 7.10. The van der Waals surface area contributed by atoms with Crippen LogP contribution in [0.3, 0.4) is 0 Å². The molecule has 0 saturated heterocycles. The Morgan fingerprint density at radius 2 is 1.86 bits per heavy atom. The Labute approximate surface area is 126 Å². The molecule has 0 aromatic heterocycles. The highest BCUT2D eigenvalue weighted by molar-refractivity contribution is 5.51. The van der Waals surface area contributed by atoms with E-state index in [1.807, 2.05) is 32.2 Å². The summed E-state index contributed by atoms with van der Waals surface area (Å²) in [7, 11) is 5.01. The van der Waals surface area contributed by atoms with Crippen molar-refractivity contribution >= 4 is 0 Å². The quantitative estimate of drug-likeness (QED) is 0.709. The number of hydrogen-bond donors (Lipinski definition) is 1. The van der Waals surface area contributed by atoms with Crippen LogP contribution in [0.25, 0.3) is 0 Å². The summed E-state index contributed by atoms with van der Waals surface area (Å²) in [5.74, 6) is 1.89. The molecule has 1 aromatic rings. The third-order valence-electron chi connectivity index (χ3n) is 3.67. The highest BCUT2D eigenvalue weighted by Gasteiger charge is 2.25. The van der Waals surface area contributed by atoms with E-state index in [1.165, 1.54) is 0 Å². The second-order valence-corrected chi connectivity index (χ2v) is 4.74. The van der Waals surface area contributed by atoms with Crippen LogP contribution in [0.5, 0.6) is 17.2 Å². The molecule has 0 spiro atoms. The van der Waals surface area contributed by atoms with E-state index < -0.39 is 5.54 Å². The second-order valence-electron chi connectivity index (χ2n) is 4.74. The minimum Gasteiger partial charge on any atom is -0.493 e. The zero-order valence-corrected chi connectivity index (χ0v) is 13.2. The first-order chi connectivity index (χ1) is 10.2. The van der Waals surface area contributed by atoms with Gasteiger partial charge >= 0.3 is 0 Å². The molecule has 1 unspecified atom stereocenters. The third kappa shape index (κ3) is 4.27. The van der Waals surface area contributed by atoms with E-state index in [1.54, 1.807) is 14.2 Å². The van der Waals surface area contributed by atoms with Gasteiger partial charge in [-0.1, -0.05) is 13.0 Å². The van der Waals surface area contributed by atoms with Crippen LogP contribution >= 0.6 is 0 Å². The van der Waals surface area contributed by atoms with Crippen LogP contribution < -0.4 is 19.5 Å². The van der Waals surface area contributed by atoms with Crippen molar-refractivity contribution in [1.82, 2.24) is 5.32 Å². The lowest BCUT2D eigenvalue weighted by Crippen LogP contribution is -2.41. The molecular weight excluding hydrogens is 268 g/mol. The van der Waals surface area contributed by atoms with Crippen LogP contribution in [0.1, 0.15) is 26.2 Å². The summed E-state index contributed by atoms with van der Waals surface area (Å²) in [5, 5.41) is 12.4. The Balaban J connectivity index is 2.63. The maximum absolute atomic E-state index is 9.26. The van der Waals surface area contributed by atoms with E-state index in [0.717, 1.165) is 19.3 Å². The van der Waals surface area contributed by atoms with Crippen molar-refractivity contribution in [3.63, 3.8) is 0 Å². The van der Waals surface area contributed by atoms with Crippen LogP contribution in [0, 0.1) is 11.3 Å². The average molecular weight is 292 g/mol. The molecule has 0 amide bonds. The number of para-hydroxylation sites is 1. The summed E-state index contributed by atoms with van der Waals surface area (Å²) in [6, 6.07) is 7.85. The van der Waals surface area contributed by atoms with Gasteiger partial charge in [-0.05, 0) is 38.4 Å². The van der Waals surface area contributed by atoms with Crippen molar-refractivity contribution in [2.45, 2.75) is 31.7 Å². The van der Waals surface area contributed by atoms with Gasteiger partial charge in [0.1, 0.15) is 5.54 Å². The van der Waals surface area contributed by atoms with E-state index in [4.69, 9.17) is 14.2 Å². The number of hydrogen-bond acceptors (Lipinski definition) is 5. The van der Waals surface area contributed by atoms with Crippen LogP contribution in [-0.2, 0) is 0 Å². The normalized spacial score (nSPS) is 13.1. The minimum atomic E-state index is -0.478. The number of nitrogens with one attached hydrogen (secondary N) is 1. The van der Waals surface area contributed by atoms with Crippen LogP contribution in [-0.4, -0.2) is 33.4 Å². The summed E-state index contributed by atoms with van der Waals surface area (Å²) in [6.07, 6.45) is 2.26. The molecule has 0 heterocycles. The molecule has 1 atom stereocenters. The Bertz CT molecular complexity index is 457. The number of nitriles is 1. The number of ether oxygens (including phenoxy) is 3. The van der Waals surface area contributed by atoms with Crippen LogP contribution in [0.15, 0.2) is 18.2 Å². The molecule has 1 rings (SSSR count). The van der Waals surface area contributed by atoms with Crippen LogP contribution in [0.4, 0.5) is 0 Å². The molecule has 1 N–H and O–H groups in total. The SMILES string of the molecule is CCC(C#N)(CCCOc1c(OC)cccc1OC)NC. The van der Waals surface area contributed by atoms with E-state index in [-0.39, 0.29) is 0 Å². The minimum absolute atomic E-state index is 0.478. The molecular formula is C16H24N2O3. The monoisotopic (exact) mass is 292 g/mol. The maximum atomic E-state index is 9.26. The fraction of sp³-hybridized carbons (Fsp3) is 0.562. The molecule has 0 radical (unpaired) electrons. The summed E-state index contributed by atoms with van der Waals surface area (Å²) >= 11 is 0. The fourth-order valence-electron chi connectivity index (χ4n) is 2.18. The summed E-state index contributed by atoms with van der Waals surface area (Å²) in [5.41, 5.74) is -0.478. The van der Waals surface area contributed by atoms with Gasteiger partial charge < -0.3 is 19.5 Å². The van der Waals surface area contributed by atoms with Crippen LogP contribution in [0.2, 0.25) is 0 Å². The lowest BCUT2D eigenvalue weighted by atomic mass is 9.92. The van der Waals surface area contributed by atoms with Gasteiger partial charge in [0.2, 0.25) is 5.75 Å². The van der Waals surface area contributed by atoms with Gasteiger partial charge in [-0.25, -0.2) is 0 Å². The van der Waals surface area contributed by atoms with Crippen molar-refractivity contribution < 1.29 is 14.2 Å². The topological polar surface area (TPSA) is 63.5 Å². The Morgan fingerprint density at radius 1 is 1.24 bits per heavy atom. The Morgan fingerprint density at radius 3 is 2.29 bits per heavy atom. The van der Waals surface area contributed by atoms with Gasteiger partial charge in [-0.15, -0.1) is 0 Å². The van der Waals surface area contributed by atoms with Gasteiger partial charge in [-0.2, -0.15) is 5.26 Å². The molecule has 0 aliphatic rings. The smallest absolute Gasteiger partial charge is 0.203 e. The van der Waals surface area contributed by atoms with E-state index in [2.05, 4.69) is 11.4 Å². The fourth-order valence-corrected chi connectivity index (χ4v) is 2.18. The predicted octanol–water partition coefficient (Wildman–Crippen LogP) is 2.75. The first-order valence-electron chi connectivity index (χ1n) is 7.10. The highest BCUT2D eigenvalue weighted by atomic mass is 16.5. The largest absolute Gasteiger partial charge is 0.493 e. The number of methoxy groups -OCH3 is 2. The summed E-state index contributed by atoms with van der Waals surface area (Å²) < 4.78 is 16.4. The predicted molar refractivity (Wildman–Crippen MR) is 82.0 cm³/mol. The molecule has 0 aliphatic heterocycles. The second kappa shape index (κ2) is 8.38. The first kappa shape index (κ1) is 17.1. The molecule has 1 aromatic carbocycles. The molecule has 5 nitrogen and oxygen atoms in total. The number of nitrogens with zero attached hydrogens (tertiary/aromatic N) is 1. The van der Waals surface area contributed by atoms with Crippen molar-refractivity contribution in [2.75, 3.05) is 27.9 Å². The van der Waals surface area contributed by atoms with Crippen molar-refractivity contribution in [3.05, 3.63) is 18.2 Å². The molecule has 5 heteroatoms. The van der Waals surface area contributed by atoms with Gasteiger partial charge in [-0.3, -0.25) is 0 Å². The van der Waals surface area contributed by atoms with Gasteiger partial charge in [0.25, 0.3) is 0 Å².